The molecule has 1 aromatic carbocycles. The van der Waals surface area contributed by atoms with Gasteiger partial charge in [0.15, 0.2) is 11.5 Å². The lowest BCUT2D eigenvalue weighted by Crippen LogP contribution is -2.61. The smallest absolute Gasteiger partial charge is 0.255 e. The van der Waals surface area contributed by atoms with Crippen LogP contribution in [0.4, 0.5) is 0 Å². The van der Waals surface area contributed by atoms with Gasteiger partial charge in [0.25, 0.3) is 5.91 Å². The number of ether oxygens (including phenoxy) is 1. The average molecular weight is 265 g/mol. The van der Waals surface area contributed by atoms with Crippen LogP contribution < -0.4 is 5.32 Å². The number of hydrogen-bond donors (Lipinski definition) is 3. The Morgan fingerprint density at radius 2 is 2.11 bits per heavy atom. The van der Waals surface area contributed by atoms with Crippen molar-refractivity contribution in [2.45, 2.75) is 32.4 Å². The Labute approximate surface area is 112 Å². The van der Waals surface area contributed by atoms with Gasteiger partial charge in [-0.3, -0.25) is 4.79 Å². The number of benzene rings is 1. The highest BCUT2D eigenvalue weighted by molar-refractivity contribution is 5.97. The van der Waals surface area contributed by atoms with E-state index in [9.17, 15) is 15.0 Å². The maximum absolute atomic E-state index is 12.1. The summed E-state index contributed by atoms with van der Waals surface area (Å²) >= 11 is 0. The van der Waals surface area contributed by atoms with E-state index in [1.54, 1.807) is 7.11 Å². The molecule has 2 atom stereocenters. The first-order valence-electron chi connectivity index (χ1n) is 6.22. The second-order valence-corrected chi connectivity index (χ2v) is 5.48. The minimum atomic E-state index is -0.388. The number of phenolic OH excluding ortho intramolecular Hbond substituents is 2. The van der Waals surface area contributed by atoms with Crippen molar-refractivity contribution in [3.8, 4) is 11.5 Å². The van der Waals surface area contributed by atoms with Crippen molar-refractivity contribution >= 4 is 5.91 Å². The molecule has 2 unspecified atom stereocenters. The van der Waals surface area contributed by atoms with E-state index in [0.29, 0.717) is 0 Å². The monoisotopic (exact) mass is 265 g/mol. The number of carbonyl (C=O) groups excluding carboxylic acids is 1. The number of aromatic hydroxyl groups is 2. The molecule has 2 rings (SSSR count). The summed E-state index contributed by atoms with van der Waals surface area (Å²) in [7, 11) is 1.66. The summed E-state index contributed by atoms with van der Waals surface area (Å²) in [5.74, 6) is -1.07. The van der Waals surface area contributed by atoms with Crippen LogP contribution >= 0.6 is 0 Å². The van der Waals surface area contributed by atoms with Gasteiger partial charge in [0.05, 0.1) is 11.7 Å². The van der Waals surface area contributed by atoms with Crippen LogP contribution in [0.5, 0.6) is 11.5 Å². The van der Waals surface area contributed by atoms with E-state index >= 15 is 0 Å². The molecule has 5 nitrogen and oxygen atoms in total. The zero-order chi connectivity index (χ0) is 14.2. The normalized spacial score (nSPS) is 24.6. The largest absolute Gasteiger partial charge is 0.504 e. The van der Waals surface area contributed by atoms with E-state index in [-0.39, 0.29) is 40.5 Å². The molecule has 1 saturated carbocycles. The van der Waals surface area contributed by atoms with Crippen LogP contribution in [0.3, 0.4) is 0 Å². The van der Waals surface area contributed by atoms with Gasteiger partial charge < -0.3 is 20.3 Å². The molecule has 0 bridgehead atoms. The molecule has 1 aliphatic carbocycles. The standard InChI is InChI=1S/C14H19NO4/c1-14(2)10(7-11(14)19-3)15-13(18)8-5-4-6-9(16)12(8)17/h4-6,10-11,16-17H,7H2,1-3H3,(H,15,18). The Kier molecular flexibility index (Phi) is 3.41. The van der Waals surface area contributed by atoms with Crippen molar-refractivity contribution in [2.75, 3.05) is 7.11 Å². The topological polar surface area (TPSA) is 78.8 Å². The molecule has 0 heterocycles. The molecule has 1 fully saturated rings. The van der Waals surface area contributed by atoms with Crippen molar-refractivity contribution in [1.29, 1.82) is 0 Å². The van der Waals surface area contributed by atoms with E-state index in [1.807, 2.05) is 13.8 Å². The van der Waals surface area contributed by atoms with Crippen LogP contribution in [0.15, 0.2) is 18.2 Å². The van der Waals surface area contributed by atoms with Gasteiger partial charge in [0.1, 0.15) is 0 Å². The number of hydrogen-bond acceptors (Lipinski definition) is 4. The minimum absolute atomic E-state index is 0.00769. The molecule has 0 radical (unpaired) electrons. The number of carbonyl (C=O) groups is 1. The molecular formula is C14H19NO4. The van der Waals surface area contributed by atoms with Crippen LogP contribution in [0, 0.1) is 5.41 Å². The van der Waals surface area contributed by atoms with Crippen LogP contribution in [-0.2, 0) is 4.74 Å². The van der Waals surface area contributed by atoms with Gasteiger partial charge in [-0.05, 0) is 18.6 Å². The van der Waals surface area contributed by atoms with Gasteiger partial charge >= 0.3 is 0 Å². The van der Waals surface area contributed by atoms with Crippen molar-refractivity contribution in [1.82, 2.24) is 5.32 Å². The Balaban J connectivity index is 2.09. The molecule has 104 valence electrons. The number of para-hydroxylation sites is 1. The quantitative estimate of drug-likeness (QED) is 0.726. The van der Waals surface area contributed by atoms with E-state index in [2.05, 4.69) is 5.32 Å². The van der Waals surface area contributed by atoms with Crippen molar-refractivity contribution in [2.24, 2.45) is 5.41 Å². The summed E-state index contributed by atoms with van der Waals surface area (Å²) in [4.78, 5) is 12.1. The summed E-state index contributed by atoms with van der Waals surface area (Å²) in [5.41, 5.74) is -0.0618. The first-order chi connectivity index (χ1) is 8.87. The highest BCUT2D eigenvalue weighted by Crippen LogP contribution is 2.42. The number of rotatable bonds is 3. The Hall–Kier alpha value is -1.75. The molecule has 1 aliphatic rings. The maximum atomic E-state index is 12.1. The SMILES string of the molecule is COC1CC(NC(=O)c2cccc(O)c2O)C1(C)C. The second-order valence-electron chi connectivity index (χ2n) is 5.48. The van der Waals surface area contributed by atoms with Crippen molar-refractivity contribution in [3.05, 3.63) is 23.8 Å². The van der Waals surface area contributed by atoms with Crippen LogP contribution in [0.1, 0.15) is 30.6 Å². The van der Waals surface area contributed by atoms with Gasteiger partial charge in [0, 0.05) is 18.6 Å². The minimum Gasteiger partial charge on any atom is -0.504 e. The molecular weight excluding hydrogens is 246 g/mol. The molecule has 0 aromatic heterocycles. The Morgan fingerprint density at radius 1 is 1.42 bits per heavy atom. The molecule has 1 aromatic rings. The van der Waals surface area contributed by atoms with E-state index in [1.165, 1.54) is 18.2 Å². The number of amides is 1. The maximum Gasteiger partial charge on any atom is 0.255 e. The Morgan fingerprint density at radius 3 is 2.68 bits per heavy atom. The summed E-state index contributed by atoms with van der Waals surface area (Å²) in [5, 5.41) is 21.9. The summed E-state index contributed by atoms with van der Waals surface area (Å²) in [6, 6.07) is 4.32. The fourth-order valence-electron chi connectivity index (χ4n) is 2.48. The van der Waals surface area contributed by atoms with Gasteiger partial charge in [-0.25, -0.2) is 0 Å². The van der Waals surface area contributed by atoms with Crippen LogP contribution in [0.25, 0.3) is 0 Å². The molecule has 0 spiro atoms. The van der Waals surface area contributed by atoms with Gasteiger partial charge in [0.2, 0.25) is 0 Å². The second kappa shape index (κ2) is 4.74. The fourth-order valence-corrected chi connectivity index (χ4v) is 2.48. The predicted molar refractivity (Wildman–Crippen MR) is 70.2 cm³/mol. The average Bonchev–Trinajstić information content (AvgIpc) is 2.37. The zero-order valence-corrected chi connectivity index (χ0v) is 11.3. The summed E-state index contributed by atoms with van der Waals surface area (Å²) < 4.78 is 5.32. The molecule has 0 aliphatic heterocycles. The van der Waals surface area contributed by atoms with Gasteiger partial charge in [-0.2, -0.15) is 0 Å². The third-order valence-electron chi connectivity index (χ3n) is 4.03. The van der Waals surface area contributed by atoms with Crippen LogP contribution in [-0.4, -0.2) is 35.4 Å². The number of methoxy groups -OCH3 is 1. The lowest BCUT2D eigenvalue weighted by atomic mass is 9.64. The highest BCUT2D eigenvalue weighted by atomic mass is 16.5. The molecule has 19 heavy (non-hydrogen) atoms. The first kappa shape index (κ1) is 13.7. The Bertz CT molecular complexity index is 498. The summed E-state index contributed by atoms with van der Waals surface area (Å²) in [6.07, 6.45) is 0.866. The lowest BCUT2D eigenvalue weighted by molar-refractivity contribution is -0.0942. The van der Waals surface area contributed by atoms with Crippen molar-refractivity contribution < 1.29 is 19.7 Å². The van der Waals surface area contributed by atoms with Crippen LogP contribution in [0.2, 0.25) is 0 Å². The molecule has 3 N–H and O–H groups in total. The molecule has 0 saturated heterocycles. The molecule has 1 amide bonds. The van der Waals surface area contributed by atoms with E-state index in [4.69, 9.17) is 4.74 Å². The van der Waals surface area contributed by atoms with E-state index < -0.39 is 0 Å². The fraction of sp³-hybridized carbons (Fsp3) is 0.500. The summed E-state index contributed by atoms with van der Waals surface area (Å²) in [6.45, 7) is 4.05. The number of phenols is 2. The zero-order valence-electron chi connectivity index (χ0n) is 11.3. The highest BCUT2D eigenvalue weighted by Gasteiger charge is 2.49. The van der Waals surface area contributed by atoms with Gasteiger partial charge in [-0.1, -0.05) is 19.9 Å². The third-order valence-corrected chi connectivity index (χ3v) is 4.03. The number of nitrogens with one attached hydrogen (secondary N) is 1. The van der Waals surface area contributed by atoms with Crippen molar-refractivity contribution in [3.63, 3.8) is 0 Å². The van der Waals surface area contributed by atoms with E-state index in [0.717, 1.165) is 6.42 Å². The van der Waals surface area contributed by atoms with Gasteiger partial charge in [-0.15, -0.1) is 0 Å². The third kappa shape index (κ3) is 2.26. The predicted octanol–water partition coefficient (Wildman–Crippen LogP) is 1.64. The lowest BCUT2D eigenvalue weighted by Gasteiger charge is -2.51. The molecule has 5 heteroatoms. The first-order valence-corrected chi connectivity index (χ1v) is 6.22.